The van der Waals surface area contributed by atoms with Crippen molar-refractivity contribution in [1.29, 1.82) is 0 Å². The van der Waals surface area contributed by atoms with Crippen LogP contribution < -0.4 is 5.73 Å². The van der Waals surface area contributed by atoms with E-state index in [-0.39, 0.29) is 12.5 Å². The van der Waals surface area contributed by atoms with E-state index in [0.29, 0.717) is 23.1 Å². The van der Waals surface area contributed by atoms with Gasteiger partial charge in [-0.05, 0) is 30.4 Å². The third-order valence-corrected chi connectivity index (χ3v) is 3.49. The van der Waals surface area contributed by atoms with Crippen molar-refractivity contribution in [2.75, 3.05) is 19.6 Å². The van der Waals surface area contributed by atoms with Crippen LogP contribution in [0.5, 0.6) is 0 Å². The van der Waals surface area contributed by atoms with Gasteiger partial charge in [0.25, 0.3) is 5.91 Å². The van der Waals surface area contributed by atoms with Gasteiger partial charge in [-0.2, -0.15) is 0 Å². The third kappa shape index (κ3) is 3.37. The molecule has 1 fully saturated rings. The van der Waals surface area contributed by atoms with Crippen molar-refractivity contribution in [2.45, 2.75) is 20.3 Å². The molecule has 2 heterocycles. The maximum Gasteiger partial charge on any atom is 0.273 e. The number of likely N-dealkylation sites (tertiary alicyclic amines) is 1. The van der Waals surface area contributed by atoms with Crippen LogP contribution in [0.25, 0.3) is 0 Å². The summed E-state index contributed by atoms with van der Waals surface area (Å²) >= 11 is 0. The molecule has 2 unspecified atom stereocenters. The standard InChI is InChI=1S/C16H21N3O/c1-12-9-13(2)11-19(10-12)16(20)15-14(5-3-7-17)6-4-8-18-15/h4,6,8,12-13H,7,9-11,17H2,1-2H3. The van der Waals surface area contributed by atoms with Gasteiger partial charge in [0, 0.05) is 19.3 Å². The number of aromatic nitrogens is 1. The van der Waals surface area contributed by atoms with Crippen molar-refractivity contribution in [3.63, 3.8) is 0 Å². The highest BCUT2D eigenvalue weighted by Gasteiger charge is 2.27. The first-order chi connectivity index (χ1) is 9.61. The Morgan fingerprint density at radius 3 is 2.80 bits per heavy atom. The van der Waals surface area contributed by atoms with Gasteiger partial charge in [0.2, 0.25) is 0 Å². The van der Waals surface area contributed by atoms with Crippen LogP contribution in [0, 0.1) is 23.7 Å². The van der Waals surface area contributed by atoms with E-state index < -0.39 is 0 Å². The highest BCUT2D eigenvalue weighted by molar-refractivity contribution is 5.94. The number of nitrogens with two attached hydrogens (primary N) is 1. The smallest absolute Gasteiger partial charge is 0.273 e. The first kappa shape index (κ1) is 14.5. The number of rotatable bonds is 1. The van der Waals surface area contributed by atoms with Gasteiger partial charge in [-0.3, -0.25) is 4.79 Å². The van der Waals surface area contributed by atoms with Gasteiger partial charge in [-0.15, -0.1) is 0 Å². The molecule has 0 radical (unpaired) electrons. The van der Waals surface area contributed by atoms with Gasteiger partial charge in [-0.1, -0.05) is 25.7 Å². The quantitative estimate of drug-likeness (QED) is 0.788. The van der Waals surface area contributed by atoms with Crippen molar-refractivity contribution in [1.82, 2.24) is 9.88 Å². The molecule has 4 nitrogen and oxygen atoms in total. The molecule has 20 heavy (non-hydrogen) atoms. The van der Waals surface area contributed by atoms with E-state index in [2.05, 4.69) is 30.7 Å². The number of nitrogens with zero attached hydrogens (tertiary/aromatic N) is 2. The highest BCUT2D eigenvalue weighted by Crippen LogP contribution is 2.22. The molecule has 106 valence electrons. The second-order valence-corrected chi connectivity index (χ2v) is 5.56. The Morgan fingerprint density at radius 2 is 2.15 bits per heavy atom. The van der Waals surface area contributed by atoms with Crippen molar-refractivity contribution >= 4 is 5.91 Å². The van der Waals surface area contributed by atoms with Crippen LogP contribution >= 0.6 is 0 Å². The summed E-state index contributed by atoms with van der Waals surface area (Å²) in [6.45, 7) is 6.24. The zero-order valence-corrected chi connectivity index (χ0v) is 12.1. The first-order valence-electron chi connectivity index (χ1n) is 7.05. The monoisotopic (exact) mass is 271 g/mol. The fourth-order valence-corrected chi connectivity index (χ4v) is 2.80. The summed E-state index contributed by atoms with van der Waals surface area (Å²) in [5.41, 5.74) is 6.49. The van der Waals surface area contributed by atoms with Gasteiger partial charge < -0.3 is 10.6 Å². The molecule has 2 atom stereocenters. The molecule has 2 N–H and O–H groups in total. The summed E-state index contributed by atoms with van der Waals surface area (Å²) < 4.78 is 0. The van der Waals surface area contributed by atoms with Gasteiger partial charge in [0.15, 0.2) is 0 Å². The van der Waals surface area contributed by atoms with Gasteiger partial charge in [0.05, 0.1) is 12.1 Å². The van der Waals surface area contributed by atoms with Crippen LogP contribution in [0.4, 0.5) is 0 Å². The summed E-state index contributed by atoms with van der Waals surface area (Å²) in [7, 11) is 0. The van der Waals surface area contributed by atoms with Crippen LogP contribution in [0.2, 0.25) is 0 Å². The first-order valence-corrected chi connectivity index (χ1v) is 7.05. The van der Waals surface area contributed by atoms with Crippen molar-refractivity contribution in [3.05, 3.63) is 29.6 Å². The van der Waals surface area contributed by atoms with Crippen LogP contribution in [0.3, 0.4) is 0 Å². The predicted molar refractivity (Wildman–Crippen MR) is 79.0 cm³/mol. The average molecular weight is 271 g/mol. The van der Waals surface area contributed by atoms with Crippen molar-refractivity contribution in [3.8, 4) is 11.8 Å². The lowest BCUT2D eigenvalue weighted by molar-refractivity contribution is 0.0617. The molecule has 0 bridgehead atoms. The molecule has 0 aliphatic carbocycles. The molecule has 1 aromatic rings. The summed E-state index contributed by atoms with van der Waals surface area (Å²) in [5, 5.41) is 0. The number of carbonyl (C=O) groups is 1. The molecule has 4 heteroatoms. The lowest BCUT2D eigenvalue weighted by Crippen LogP contribution is -2.43. The second kappa shape index (κ2) is 6.53. The molecular weight excluding hydrogens is 250 g/mol. The molecule has 0 aromatic carbocycles. The number of pyridine rings is 1. The van der Waals surface area contributed by atoms with E-state index in [9.17, 15) is 4.79 Å². The fraction of sp³-hybridized carbons (Fsp3) is 0.500. The minimum atomic E-state index is -0.0229. The van der Waals surface area contributed by atoms with Crippen LogP contribution in [-0.2, 0) is 0 Å². The molecule has 1 aliphatic heterocycles. The minimum Gasteiger partial charge on any atom is -0.337 e. The Balaban J connectivity index is 2.24. The normalized spacial score (nSPS) is 22.1. The summed E-state index contributed by atoms with van der Waals surface area (Å²) in [6.07, 6.45) is 2.81. The topological polar surface area (TPSA) is 59.2 Å². The predicted octanol–water partition coefficient (Wildman–Crippen LogP) is 1.51. The van der Waals surface area contributed by atoms with Gasteiger partial charge in [0.1, 0.15) is 5.69 Å². The molecule has 1 saturated heterocycles. The van der Waals surface area contributed by atoms with E-state index in [1.54, 1.807) is 12.3 Å². The highest BCUT2D eigenvalue weighted by atomic mass is 16.2. The molecule has 1 amide bonds. The Kier molecular flexibility index (Phi) is 4.75. The van der Waals surface area contributed by atoms with Crippen molar-refractivity contribution in [2.24, 2.45) is 17.6 Å². The summed E-state index contributed by atoms with van der Waals surface area (Å²) in [5.74, 6) is 6.76. The van der Waals surface area contributed by atoms with E-state index in [1.165, 1.54) is 6.42 Å². The Labute approximate surface area is 120 Å². The van der Waals surface area contributed by atoms with Crippen LogP contribution in [0.15, 0.2) is 18.3 Å². The number of hydrogen-bond donors (Lipinski definition) is 1. The van der Waals surface area contributed by atoms with Gasteiger partial charge in [-0.25, -0.2) is 4.98 Å². The van der Waals surface area contributed by atoms with Gasteiger partial charge >= 0.3 is 0 Å². The molecule has 1 aliphatic rings. The Morgan fingerprint density at radius 1 is 1.45 bits per heavy atom. The number of hydrogen-bond acceptors (Lipinski definition) is 3. The van der Waals surface area contributed by atoms with E-state index >= 15 is 0 Å². The molecule has 2 rings (SSSR count). The SMILES string of the molecule is CC1CC(C)CN(C(=O)c2ncccc2C#CCN)C1. The maximum absolute atomic E-state index is 12.6. The molecule has 0 spiro atoms. The molecular formula is C16H21N3O. The maximum atomic E-state index is 12.6. The van der Waals surface area contributed by atoms with E-state index in [0.717, 1.165) is 13.1 Å². The average Bonchev–Trinajstić information content (AvgIpc) is 2.43. The molecule has 1 aromatic heterocycles. The summed E-state index contributed by atoms with van der Waals surface area (Å²) in [4.78, 5) is 18.8. The molecule has 0 saturated carbocycles. The number of carbonyl (C=O) groups excluding carboxylic acids is 1. The minimum absolute atomic E-state index is 0.0229. The fourth-order valence-electron chi connectivity index (χ4n) is 2.80. The lowest BCUT2D eigenvalue weighted by Gasteiger charge is -2.34. The zero-order chi connectivity index (χ0) is 14.5. The van der Waals surface area contributed by atoms with Crippen LogP contribution in [0.1, 0.15) is 36.3 Å². The Bertz CT molecular complexity index is 534. The lowest BCUT2D eigenvalue weighted by atomic mass is 9.91. The van der Waals surface area contributed by atoms with E-state index in [4.69, 9.17) is 5.73 Å². The third-order valence-electron chi connectivity index (χ3n) is 3.49. The number of piperidine rings is 1. The zero-order valence-electron chi connectivity index (χ0n) is 12.1. The second-order valence-electron chi connectivity index (χ2n) is 5.56. The van der Waals surface area contributed by atoms with Crippen LogP contribution in [-0.4, -0.2) is 35.4 Å². The Hall–Kier alpha value is -1.86. The number of amides is 1. The summed E-state index contributed by atoms with van der Waals surface area (Å²) in [6, 6.07) is 3.61. The van der Waals surface area contributed by atoms with E-state index in [1.807, 2.05) is 11.0 Å². The largest absolute Gasteiger partial charge is 0.337 e. The van der Waals surface area contributed by atoms with Crippen molar-refractivity contribution < 1.29 is 4.79 Å².